The second kappa shape index (κ2) is 7.42. The number of amides is 1. The van der Waals surface area contributed by atoms with Crippen molar-refractivity contribution in [2.75, 3.05) is 23.3 Å². The predicted molar refractivity (Wildman–Crippen MR) is 119 cm³/mol. The van der Waals surface area contributed by atoms with Crippen LogP contribution in [0.15, 0.2) is 61.1 Å². The topological polar surface area (TPSA) is 89.1 Å². The zero-order chi connectivity index (χ0) is 20.7. The lowest BCUT2D eigenvalue weighted by Crippen LogP contribution is -2.46. The fourth-order valence-corrected chi connectivity index (χ4v) is 4.23. The second-order valence-corrected chi connectivity index (χ2v) is 8.10. The van der Waals surface area contributed by atoms with E-state index in [0.717, 1.165) is 41.9 Å². The Bertz CT molecular complexity index is 1170. The summed E-state index contributed by atoms with van der Waals surface area (Å²) < 4.78 is 1.98. The van der Waals surface area contributed by atoms with E-state index in [1.54, 1.807) is 18.5 Å². The van der Waals surface area contributed by atoms with E-state index in [-0.39, 0.29) is 11.9 Å². The Labute approximate surface area is 174 Å². The zero-order valence-electron chi connectivity index (χ0n) is 16.8. The van der Waals surface area contributed by atoms with Crippen LogP contribution in [-0.2, 0) is 0 Å². The number of nitrogens with one attached hydrogen (secondary N) is 1. The summed E-state index contributed by atoms with van der Waals surface area (Å²) in [4.78, 5) is 24.1. The van der Waals surface area contributed by atoms with Crippen LogP contribution in [0.3, 0.4) is 0 Å². The molecule has 152 valence electrons. The van der Waals surface area contributed by atoms with Crippen molar-refractivity contribution in [3.05, 3.63) is 66.8 Å². The number of carbonyl (C=O) groups is 1. The summed E-state index contributed by atoms with van der Waals surface area (Å²) >= 11 is 0. The third-order valence-electron chi connectivity index (χ3n) is 5.66. The molecule has 3 aromatic heterocycles. The normalized spacial score (nSPS) is 20.7. The molecular formula is C23H24N6O. The molecule has 0 aromatic carbocycles. The lowest BCUT2D eigenvalue weighted by atomic mass is 9.96. The van der Waals surface area contributed by atoms with Gasteiger partial charge in [0, 0.05) is 42.6 Å². The molecule has 2 atom stereocenters. The Kier molecular flexibility index (Phi) is 4.59. The number of aromatic nitrogens is 3. The van der Waals surface area contributed by atoms with Gasteiger partial charge in [0.2, 0.25) is 0 Å². The van der Waals surface area contributed by atoms with Crippen LogP contribution < -0.4 is 16.0 Å². The van der Waals surface area contributed by atoms with Crippen LogP contribution in [-0.4, -0.2) is 39.6 Å². The maximum absolute atomic E-state index is 13.0. The van der Waals surface area contributed by atoms with Crippen LogP contribution >= 0.6 is 0 Å². The highest BCUT2D eigenvalue weighted by atomic mass is 16.1. The number of nitrogens with two attached hydrogens (primary N) is 1. The molecule has 0 bridgehead atoms. The number of rotatable bonds is 4. The lowest BCUT2D eigenvalue weighted by Gasteiger charge is -2.37. The van der Waals surface area contributed by atoms with Crippen LogP contribution in [0.2, 0.25) is 0 Å². The Morgan fingerprint density at radius 1 is 1.23 bits per heavy atom. The first-order chi connectivity index (χ1) is 14.6. The molecular weight excluding hydrogens is 376 g/mol. The molecule has 0 saturated carbocycles. The van der Waals surface area contributed by atoms with E-state index in [9.17, 15) is 4.79 Å². The highest BCUT2D eigenvalue weighted by Gasteiger charge is 2.24. The summed E-state index contributed by atoms with van der Waals surface area (Å²) in [6.07, 6.45) is 12.4. The summed E-state index contributed by atoms with van der Waals surface area (Å²) in [5, 5.41) is 3.99. The molecule has 3 N–H and O–H groups in total. The molecule has 30 heavy (non-hydrogen) atoms. The zero-order valence-corrected chi connectivity index (χ0v) is 16.8. The first-order valence-electron chi connectivity index (χ1n) is 10.2. The number of nitrogens with zero attached hydrogens (tertiary/aromatic N) is 4. The molecule has 2 aliphatic rings. The minimum atomic E-state index is -0.258. The molecule has 0 unspecified atom stereocenters. The van der Waals surface area contributed by atoms with Crippen LogP contribution in [0.25, 0.3) is 16.7 Å². The van der Waals surface area contributed by atoms with Gasteiger partial charge in [-0.15, -0.1) is 0 Å². The van der Waals surface area contributed by atoms with Gasteiger partial charge in [0.15, 0.2) is 0 Å². The van der Waals surface area contributed by atoms with Crippen LogP contribution in [0.5, 0.6) is 0 Å². The molecule has 5 rings (SSSR count). The maximum atomic E-state index is 13.0. The molecule has 3 aromatic rings. The van der Waals surface area contributed by atoms with E-state index in [0.29, 0.717) is 17.3 Å². The van der Waals surface area contributed by atoms with E-state index in [4.69, 9.17) is 5.73 Å². The smallest absolute Gasteiger partial charge is 0.274 e. The predicted octanol–water partition coefficient (Wildman–Crippen LogP) is 3.27. The largest absolute Gasteiger partial charge is 0.368 e. The van der Waals surface area contributed by atoms with Crippen molar-refractivity contribution < 1.29 is 4.79 Å². The van der Waals surface area contributed by atoms with Gasteiger partial charge in [-0.25, -0.2) is 4.98 Å². The van der Waals surface area contributed by atoms with Gasteiger partial charge >= 0.3 is 0 Å². The summed E-state index contributed by atoms with van der Waals surface area (Å²) in [5.41, 5.74) is 10.0. The number of hydrogen-bond donors (Lipinski definition) is 2. The average molecular weight is 400 g/mol. The summed E-state index contributed by atoms with van der Waals surface area (Å²) in [5.74, 6) is 0.239. The first kappa shape index (κ1) is 18.6. The molecule has 4 heterocycles. The van der Waals surface area contributed by atoms with Crippen molar-refractivity contribution in [3.8, 4) is 0 Å². The van der Waals surface area contributed by atoms with Crippen LogP contribution in [0.4, 0.5) is 11.4 Å². The average Bonchev–Trinajstić information content (AvgIpc) is 3.09. The Morgan fingerprint density at radius 3 is 2.87 bits per heavy atom. The number of fused-ring (bicyclic) bond motifs is 1. The van der Waals surface area contributed by atoms with Gasteiger partial charge in [-0.3, -0.25) is 9.78 Å². The van der Waals surface area contributed by atoms with Crippen LogP contribution in [0.1, 0.15) is 23.8 Å². The lowest BCUT2D eigenvalue weighted by molar-refractivity contribution is 0.102. The minimum Gasteiger partial charge on any atom is -0.368 e. The van der Waals surface area contributed by atoms with Gasteiger partial charge in [0.1, 0.15) is 11.3 Å². The number of hydrogen-bond acceptors (Lipinski definition) is 5. The van der Waals surface area contributed by atoms with E-state index >= 15 is 0 Å². The maximum Gasteiger partial charge on any atom is 0.274 e. The molecule has 1 saturated heterocycles. The molecule has 1 aliphatic carbocycles. The highest BCUT2D eigenvalue weighted by Crippen LogP contribution is 2.29. The van der Waals surface area contributed by atoms with Crippen molar-refractivity contribution in [2.24, 2.45) is 11.7 Å². The standard InChI is InChI=1S/C23H24N6O/c1-15-11-17(24)14-28(13-15)21-7-9-25-12-20(21)27-23(30)19-6-5-16-8-10-29(22(16)26-19)18-3-2-4-18/h2-10,12,15,17H,11,13-14,24H2,1H3,(H,27,30)/t15-,17+/m1/s1. The molecule has 1 fully saturated rings. The van der Waals surface area contributed by atoms with Gasteiger partial charge in [-0.2, -0.15) is 0 Å². The van der Waals surface area contributed by atoms with Gasteiger partial charge in [-0.1, -0.05) is 13.0 Å². The summed E-state index contributed by atoms with van der Waals surface area (Å²) in [6, 6.07) is 7.72. The Balaban J connectivity index is 1.42. The molecule has 1 amide bonds. The van der Waals surface area contributed by atoms with Gasteiger partial charge in [-0.05, 0) is 48.8 Å². The number of anilines is 2. The van der Waals surface area contributed by atoms with Crippen molar-refractivity contribution in [1.29, 1.82) is 0 Å². The molecule has 7 nitrogen and oxygen atoms in total. The van der Waals surface area contributed by atoms with E-state index in [1.165, 1.54) is 0 Å². The van der Waals surface area contributed by atoms with Gasteiger partial charge in [0.25, 0.3) is 5.91 Å². The molecule has 0 spiro atoms. The monoisotopic (exact) mass is 400 g/mol. The number of allylic oxidation sites excluding steroid dienone is 4. The van der Waals surface area contributed by atoms with E-state index < -0.39 is 0 Å². The number of piperidine rings is 1. The number of carbonyl (C=O) groups excluding carboxylic acids is 1. The fraction of sp³-hybridized carbons (Fsp3) is 0.261. The molecule has 7 heteroatoms. The van der Waals surface area contributed by atoms with E-state index in [1.807, 2.05) is 47.2 Å². The van der Waals surface area contributed by atoms with Gasteiger partial charge < -0.3 is 20.5 Å². The Morgan fingerprint density at radius 2 is 2.10 bits per heavy atom. The second-order valence-electron chi connectivity index (χ2n) is 8.10. The third kappa shape index (κ3) is 3.37. The van der Waals surface area contributed by atoms with Crippen molar-refractivity contribution in [2.45, 2.75) is 19.4 Å². The fourth-order valence-electron chi connectivity index (χ4n) is 4.23. The minimum absolute atomic E-state index is 0.122. The van der Waals surface area contributed by atoms with E-state index in [2.05, 4.69) is 27.1 Å². The quantitative estimate of drug-likeness (QED) is 0.702. The first-order valence-corrected chi connectivity index (χ1v) is 10.2. The Hall–Kier alpha value is -3.45. The molecule has 0 radical (unpaired) electrons. The van der Waals surface area contributed by atoms with Crippen molar-refractivity contribution in [1.82, 2.24) is 14.5 Å². The van der Waals surface area contributed by atoms with Crippen LogP contribution in [0, 0.1) is 5.92 Å². The van der Waals surface area contributed by atoms with Gasteiger partial charge in [0.05, 0.1) is 17.6 Å². The van der Waals surface area contributed by atoms with Crippen molar-refractivity contribution >= 4 is 34.0 Å². The summed E-state index contributed by atoms with van der Waals surface area (Å²) in [7, 11) is 0. The highest BCUT2D eigenvalue weighted by molar-refractivity contribution is 6.05. The van der Waals surface area contributed by atoms with Crippen molar-refractivity contribution in [3.63, 3.8) is 0 Å². The SMILES string of the molecule is C[C@@H]1C[C@H](N)CN(c2ccncc2NC(=O)c2ccc3ccn(C4=CC=C4)c3n2)C1. The summed E-state index contributed by atoms with van der Waals surface area (Å²) in [6.45, 7) is 3.87. The number of pyridine rings is 2. The third-order valence-corrected chi connectivity index (χ3v) is 5.66. The molecule has 1 aliphatic heterocycles.